The largest absolute Gasteiger partial charge is 0.343 e. The van der Waals surface area contributed by atoms with E-state index in [0.29, 0.717) is 0 Å². The van der Waals surface area contributed by atoms with E-state index >= 15 is 0 Å². The van der Waals surface area contributed by atoms with E-state index in [2.05, 4.69) is 219 Å². The third-order valence-electron chi connectivity index (χ3n) is 18.3. The maximum absolute atomic E-state index is 2.55. The van der Waals surface area contributed by atoms with Crippen molar-refractivity contribution in [2.24, 2.45) is 14.1 Å². The van der Waals surface area contributed by atoms with Gasteiger partial charge in [-0.1, -0.05) is 83.9 Å². The third-order valence-corrected chi connectivity index (χ3v) is 26.9. The summed E-state index contributed by atoms with van der Waals surface area (Å²) in [6, 6.07) is 55.7. The summed E-state index contributed by atoms with van der Waals surface area (Å²) in [5.41, 5.74) is 24.2. The van der Waals surface area contributed by atoms with Gasteiger partial charge in [0, 0.05) is 103 Å². The van der Waals surface area contributed by atoms with E-state index in [0.717, 1.165) is 6.42 Å². The summed E-state index contributed by atoms with van der Waals surface area (Å²) >= 11 is 13.8. The highest BCUT2D eigenvalue weighted by atomic mass is 32.1. The lowest BCUT2D eigenvalue weighted by molar-refractivity contribution is 0.979. The molecule has 1 aliphatic carbocycles. The van der Waals surface area contributed by atoms with E-state index < -0.39 is 0 Å². The van der Waals surface area contributed by atoms with Crippen molar-refractivity contribution in [2.75, 3.05) is 0 Å². The van der Waals surface area contributed by atoms with Crippen LogP contribution >= 0.6 is 79.4 Å². The van der Waals surface area contributed by atoms with E-state index in [9.17, 15) is 0 Å². The third kappa shape index (κ3) is 6.50. The van der Waals surface area contributed by atoms with E-state index in [1.54, 1.807) is 0 Å². The molecule has 0 amide bonds. The zero-order chi connectivity index (χ0) is 56.0. The van der Waals surface area contributed by atoms with Crippen LogP contribution in [0.4, 0.5) is 0 Å². The Hall–Kier alpha value is -7.58. The first-order valence-electron chi connectivity index (χ1n) is 28.6. The zero-order valence-corrected chi connectivity index (χ0v) is 52.9. The smallest absolute Gasteiger partial charge is 0.0829 e. The number of hydrogen-bond acceptors (Lipinski definition) is 7. The first kappa shape index (κ1) is 48.8. The minimum Gasteiger partial charge on any atom is -0.343 e. The lowest BCUT2D eigenvalue weighted by atomic mass is 10.1. The van der Waals surface area contributed by atoms with Crippen LogP contribution in [-0.4, -0.2) is 18.3 Å². The summed E-state index contributed by atoms with van der Waals surface area (Å²) in [6.45, 7) is 13.1. The Balaban J connectivity index is 0.000000129. The second-order valence-corrected chi connectivity index (χ2v) is 31.1. The summed E-state index contributed by atoms with van der Waals surface area (Å²) in [7, 11) is 4.50. The molecule has 11 heteroatoms. The molecule has 84 heavy (non-hydrogen) atoms. The van der Waals surface area contributed by atoms with Gasteiger partial charge in [-0.25, -0.2) is 0 Å². The van der Waals surface area contributed by atoms with Gasteiger partial charge in [-0.3, -0.25) is 0 Å². The molecule has 0 saturated heterocycles. The zero-order valence-electron chi connectivity index (χ0n) is 47.2. The molecule has 20 rings (SSSR count). The fourth-order valence-electron chi connectivity index (χ4n) is 14.3. The molecular weight excluding hydrogens is 1160 g/mol. The average molecular weight is 1210 g/mol. The first-order valence-corrected chi connectivity index (χ1v) is 34.3. The van der Waals surface area contributed by atoms with Crippen LogP contribution in [0.1, 0.15) is 44.5 Å². The van der Waals surface area contributed by atoms with Crippen LogP contribution in [0, 0.1) is 41.5 Å². The van der Waals surface area contributed by atoms with Crippen molar-refractivity contribution >= 4 is 222 Å². The number of thiophene rings is 7. The number of nitrogens with zero attached hydrogens (tertiary/aromatic N) is 4. The van der Waals surface area contributed by atoms with Gasteiger partial charge in [0.15, 0.2) is 0 Å². The molecular formula is C73H50N4S7. The molecule has 1 aliphatic rings. The van der Waals surface area contributed by atoms with E-state index in [1.807, 2.05) is 79.4 Å². The normalized spacial score (nSPS) is 13.0. The van der Waals surface area contributed by atoms with Gasteiger partial charge in [-0.2, -0.15) is 0 Å². The molecule has 0 spiro atoms. The molecule has 11 heterocycles. The highest BCUT2D eigenvalue weighted by Gasteiger charge is 2.31. The van der Waals surface area contributed by atoms with Gasteiger partial charge in [-0.05, 0) is 153 Å². The summed E-state index contributed by atoms with van der Waals surface area (Å²) in [4.78, 5) is 1.47. The predicted molar refractivity (Wildman–Crippen MR) is 376 cm³/mol. The molecule has 19 aromatic rings. The number of aryl methyl sites for hydroxylation is 8. The van der Waals surface area contributed by atoms with Crippen molar-refractivity contribution in [1.29, 1.82) is 0 Å². The lowest BCUT2D eigenvalue weighted by Crippen LogP contribution is -1.93. The molecule has 8 aromatic carbocycles. The molecule has 0 unspecified atom stereocenters. The van der Waals surface area contributed by atoms with Crippen molar-refractivity contribution in [3.63, 3.8) is 0 Å². The first-order chi connectivity index (χ1) is 40.9. The molecule has 4 nitrogen and oxygen atoms in total. The van der Waals surface area contributed by atoms with E-state index in [-0.39, 0.29) is 0 Å². The van der Waals surface area contributed by atoms with Gasteiger partial charge in [0.2, 0.25) is 0 Å². The monoisotopic (exact) mass is 1210 g/mol. The summed E-state index contributed by atoms with van der Waals surface area (Å²) in [6.07, 6.45) is 1.04. The molecule has 0 aliphatic heterocycles. The standard InChI is InChI=1S/C42H28N2S4.C31H22N2S3/c1-21-5-11-25(12-6-21)43-31-17-23(3)9-15-27(31)38-37(43)42-39(48-38)30-20-33-29(19-34(30)47-42)36-41(46-33)40-35(28-16-10-24(4)18-32(28)45-40)44(36)26-13-7-22(2)8-14-26;1-14-5-7-16-19-11-20-18-12-25-21(13-24(18)34-29(20)27(19)32(3)22(16)9-14)28-31(36-25)30-26(33(28)4)17-8-6-15(2)10-23(17)35-30/h5-20H,1-4H3;5-10,12-13H,11H2,1-4H3. The van der Waals surface area contributed by atoms with E-state index in [1.165, 1.54) is 209 Å². The van der Waals surface area contributed by atoms with Gasteiger partial charge in [0.05, 0.1) is 76.6 Å². The maximum atomic E-state index is 2.55. The van der Waals surface area contributed by atoms with Crippen molar-refractivity contribution in [1.82, 2.24) is 18.3 Å². The minimum atomic E-state index is 1.04. The molecule has 11 aromatic heterocycles. The number of benzene rings is 8. The predicted octanol–water partition coefficient (Wildman–Crippen LogP) is 23.6. The Morgan fingerprint density at radius 2 is 0.714 bits per heavy atom. The number of rotatable bonds is 2. The molecule has 0 saturated carbocycles. The number of hydrogen-bond donors (Lipinski definition) is 0. The maximum Gasteiger partial charge on any atom is 0.0829 e. The van der Waals surface area contributed by atoms with Gasteiger partial charge in [0.25, 0.3) is 0 Å². The Morgan fingerprint density at radius 1 is 0.286 bits per heavy atom. The number of fused-ring (bicyclic) bond motifs is 28. The topological polar surface area (TPSA) is 19.7 Å². The summed E-state index contributed by atoms with van der Waals surface area (Å²) in [5.74, 6) is 0. The van der Waals surface area contributed by atoms with Crippen molar-refractivity contribution < 1.29 is 0 Å². The Bertz CT molecular complexity index is 6150. The van der Waals surface area contributed by atoms with Crippen LogP contribution in [0.3, 0.4) is 0 Å². The van der Waals surface area contributed by atoms with Crippen LogP contribution in [-0.2, 0) is 20.5 Å². The summed E-state index contributed by atoms with van der Waals surface area (Å²) in [5, 5.41) is 11.1. The van der Waals surface area contributed by atoms with Crippen LogP contribution < -0.4 is 0 Å². The minimum absolute atomic E-state index is 1.04. The number of aromatic nitrogens is 4. The fourth-order valence-corrected chi connectivity index (χ4v) is 23.8. The molecule has 0 fully saturated rings. The second kappa shape index (κ2) is 17.1. The Kier molecular flexibility index (Phi) is 9.91. The quantitative estimate of drug-likeness (QED) is 0.164. The second-order valence-electron chi connectivity index (χ2n) is 23.8. The van der Waals surface area contributed by atoms with Crippen LogP contribution in [0.5, 0.6) is 0 Å². The van der Waals surface area contributed by atoms with Crippen LogP contribution in [0.15, 0.2) is 146 Å². The molecule has 0 atom stereocenters. The average Bonchev–Trinajstić information content (AvgIpc) is 1.96. The van der Waals surface area contributed by atoms with Crippen LogP contribution in [0.25, 0.3) is 165 Å². The molecule has 404 valence electrons. The highest BCUT2D eigenvalue weighted by Crippen LogP contribution is 2.56. The molecule has 0 bridgehead atoms. The highest BCUT2D eigenvalue weighted by molar-refractivity contribution is 7.38. The van der Waals surface area contributed by atoms with Gasteiger partial charge in [-0.15, -0.1) is 79.4 Å². The van der Waals surface area contributed by atoms with Crippen molar-refractivity contribution in [3.8, 4) is 21.9 Å². The Labute approximate surface area is 510 Å². The molecule has 0 N–H and O–H groups in total. The van der Waals surface area contributed by atoms with E-state index in [4.69, 9.17) is 0 Å². The van der Waals surface area contributed by atoms with Gasteiger partial charge >= 0.3 is 0 Å². The lowest BCUT2D eigenvalue weighted by Gasteiger charge is -2.08. The summed E-state index contributed by atoms with van der Waals surface area (Å²) < 4.78 is 28.1. The van der Waals surface area contributed by atoms with Crippen LogP contribution in [0.2, 0.25) is 0 Å². The van der Waals surface area contributed by atoms with Gasteiger partial charge < -0.3 is 18.3 Å². The van der Waals surface area contributed by atoms with Crippen molar-refractivity contribution in [3.05, 3.63) is 190 Å². The van der Waals surface area contributed by atoms with Gasteiger partial charge in [0.1, 0.15) is 0 Å². The molecule has 0 radical (unpaired) electrons. The van der Waals surface area contributed by atoms with Crippen molar-refractivity contribution in [2.45, 2.75) is 48.0 Å². The SMILES string of the molecule is Cc1ccc(-n2c3cc(C)ccc3c3sc4c5cc6sc7c8sc9cc(C)ccc9c8n(-c8ccc(C)cc8)c7c6cc5sc4c32)cc1.Cc1ccc2c(c1)sc1c3sc4cc5c6c(sc5cc4c3n(C)c21)-c1c(c2ccc(C)cc2n1C)C6. The Morgan fingerprint density at radius 3 is 1.35 bits per heavy atom. The fraction of sp³-hybridized carbons (Fsp3) is 0.123.